The molecule has 1 heterocycles. The van der Waals surface area contributed by atoms with Crippen molar-refractivity contribution in [1.29, 1.82) is 0 Å². The molecule has 0 saturated heterocycles. The predicted molar refractivity (Wildman–Crippen MR) is 87.6 cm³/mol. The van der Waals surface area contributed by atoms with Crippen LogP contribution in [0.15, 0.2) is 35.1 Å². The maximum absolute atomic E-state index is 12.2. The highest BCUT2D eigenvalue weighted by Crippen LogP contribution is 2.31. The lowest BCUT2D eigenvalue weighted by Crippen LogP contribution is -2.26. The largest absolute Gasteiger partial charge is 0.493 e. The topological polar surface area (TPSA) is 63.3 Å². The first kappa shape index (κ1) is 16.1. The van der Waals surface area contributed by atoms with E-state index in [0.29, 0.717) is 24.1 Å². The summed E-state index contributed by atoms with van der Waals surface area (Å²) in [7, 11) is 3.18. The van der Waals surface area contributed by atoms with Crippen LogP contribution in [0.5, 0.6) is 11.5 Å². The highest BCUT2D eigenvalue weighted by Gasteiger charge is 2.08. The number of H-pyrrole nitrogens is 1. The van der Waals surface area contributed by atoms with Crippen LogP contribution in [0.3, 0.4) is 0 Å². The lowest BCUT2D eigenvalue weighted by atomic mass is 10.1. The Balaban J connectivity index is 2.30. The highest BCUT2D eigenvalue weighted by atomic mass is 16.5. The molecule has 0 aliphatic rings. The number of methoxy groups -OCH3 is 2. The minimum Gasteiger partial charge on any atom is -0.493 e. The van der Waals surface area contributed by atoms with E-state index in [4.69, 9.17) is 9.47 Å². The first-order valence-corrected chi connectivity index (χ1v) is 7.23. The average Bonchev–Trinajstić information content (AvgIpc) is 2.52. The third-order valence-electron chi connectivity index (χ3n) is 3.39. The van der Waals surface area contributed by atoms with Gasteiger partial charge in [0.05, 0.1) is 14.2 Å². The van der Waals surface area contributed by atoms with Crippen LogP contribution in [0, 0.1) is 0 Å². The minimum atomic E-state index is -0.0829. The number of pyridine rings is 1. The summed E-state index contributed by atoms with van der Waals surface area (Å²) in [5.74, 6) is 1.29. The zero-order chi connectivity index (χ0) is 16.1. The molecule has 1 aromatic carbocycles. The predicted octanol–water partition coefficient (Wildman–Crippen LogP) is 2.56. The van der Waals surface area contributed by atoms with Crippen molar-refractivity contribution >= 4 is 0 Å². The van der Waals surface area contributed by atoms with Crippen molar-refractivity contribution in [3.63, 3.8) is 0 Å². The number of hydrogen-bond donors (Lipinski definition) is 2. The van der Waals surface area contributed by atoms with E-state index < -0.39 is 0 Å². The fourth-order valence-electron chi connectivity index (χ4n) is 2.13. The number of benzene rings is 1. The van der Waals surface area contributed by atoms with E-state index in [1.807, 2.05) is 44.2 Å². The third-order valence-corrected chi connectivity index (χ3v) is 3.39. The fraction of sp³-hybridized carbons (Fsp3) is 0.353. The molecule has 0 bridgehead atoms. The zero-order valence-electron chi connectivity index (χ0n) is 13.4. The number of hydrogen-bond acceptors (Lipinski definition) is 4. The molecule has 0 atom stereocenters. The van der Waals surface area contributed by atoms with Crippen LogP contribution < -0.4 is 20.3 Å². The number of aromatic amines is 1. The molecule has 0 saturated carbocycles. The third kappa shape index (κ3) is 3.68. The Morgan fingerprint density at radius 3 is 2.41 bits per heavy atom. The van der Waals surface area contributed by atoms with Crippen LogP contribution in [0.4, 0.5) is 0 Å². The monoisotopic (exact) mass is 302 g/mol. The van der Waals surface area contributed by atoms with Gasteiger partial charge in [-0.15, -0.1) is 0 Å². The quantitative estimate of drug-likeness (QED) is 0.861. The molecule has 2 aromatic rings. The molecule has 5 nitrogen and oxygen atoms in total. The molecule has 0 radical (unpaired) electrons. The molecule has 0 amide bonds. The van der Waals surface area contributed by atoms with Crippen LogP contribution in [0.2, 0.25) is 0 Å². The van der Waals surface area contributed by atoms with Gasteiger partial charge >= 0.3 is 0 Å². The molecule has 1 aromatic heterocycles. The number of ether oxygens (including phenoxy) is 2. The van der Waals surface area contributed by atoms with Crippen molar-refractivity contribution in [3.05, 3.63) is 46.2 Å². The molecule has 2 rings (SSSR count). The van der Waals surface area contributed by atoms with Gasteiger partial charge in [-0.1, -0.05) is 19.9 Å². The molecular weight excluding hydrogens is 280 g/mol. The van der Waals surface area contributed by atoms with Gasteiger partial charge in [0.2, 0.25) is 0 Å². The van der Waals surface area contributed by atoms with Crippen molar-refractivity contribution in [1.82, 2.24) is 10.3 Å². The van der Waals surface area contributed by atoms with Gasteiger partial charge in [0.25, 0.3) is 5.56 Å². The van der Waals surface area contributed by atoms with Crippen LogP contribution >= 0.6 is 0 Å². The normalized spacial score (nSPS) is 10.8. The van der Waals surface area contributed by atoms with Crippen molar-refractivity contribution in [3.8, 4) is 22.8 Å². The molecule has 0 unspecified atom stereocenters. The van der Waals surface area contributed by atoms with E-state index in [1.165, 1.54) is 0 Å². The van der Waals surface area contributed by atoms with Gasteiger partial charge in [-0.05, 0) is 24.3 Å². The summed E-state index contributed by atoms with van der Waals surface area (Å²) in [6, 6.07) is 9.64. The molecule has 5 heteroatoms. The molecule has 0 spiro atoms. The van der Waals surface area contributed by atoms with Gasteiger partial charge < -0.3 is 19.8 Å². The minimum absolute atomic E-state index is 0.0829. The fourth-order valence-corrected chi connectivity index (χ4v) is 2.13. The number of rotatable bonds is 6. The van der Waals surface area contributed by atoms with E-state index in [-0.39, 0.29) is 5.56 Å². The zero-order valence-corrected chi connectivity index (χ0v) is 13.4. The molecule has 0 fully saturated rings. The maximum Gasteiger partial charge on any atom is 0.252 e. The molecular formula is C17H22N2O3. The lowest BCUT2D eigenvalue weighted by molar-refractivity contribution is 0.355. The van der Waals surface area contributed by atoms with Gasteiger partial charge in [-0.3, -0.25) is 4.79 Å². The second-order valence-electron chi connectivity index (χ2n) is 5.33. The van der Waals surface area contributed by atoms with Gasteiger partial charge in [-0.25, -0.2) is 0 Å². The molecule has 22 heavy (non-hydrogen) atoms. The highest BCUT2D eigenvalue weighted by molar-refractivity contribution is 5.64. The summed E-state index contributed by atoms with van der Waals surface area (Å²) in [4.78, 5) is 15.1. The average molecular weight is 302 g/mol. The molecule has 2 N–H and O–H groups in total. The summed E-state index contributed by atoms with van der Waals surface area (Å²) in [6.45, 7) is 4.65. The summed E-state index contributed by atoms with van der Waals surface area (Å²) in [5.41, 5.74) is 2.26. The van der Waals surface area contributed by atoms with Gasteiger partial charge in [0.15, 0.2) is 11.5 Å². The van der Waals surface area contributed by atoms with Crippen molar-refractivity contribution in [2.45, 2.75) is 26.4 Å². The van der Waals surface area contributed by atoms with Crippen LogP contribution in [0.25, 0.3) is 11.3 Å². The van der Waals surface area contributed by atoms with E-state index in [0.717, 1.165) is 16.8 Å². The van der Waals surface area contributed by atoms with E-state index in [9.17, 15) is 4.79 Å². The Bertz CT molecular complexity index is 693. The Labute approximate surface area is 130 Å². The van der Waals surface area contributed by atoms with E-state index in [1.54, 1.807) is 14.2 Å². The molecule has 0 aliphatic heterocycles. The lowest BCUT2D eigenvalue weighted by Gasteiger charge is -2.11. The number of aromatic nitrogens is 1. The number of nitrogens with one attached hydrogen (secondary N) is 2. The summed E-state index contributed by atoms with van der Waals surface area (Å²) >= 11 is 0. The van der Waals surface area contributed by atoms with Crippen molar-refractivity contribution < 1.29 is 9.47 Å². The smallest absolute Gasteiger partial charge is 0.252 e. The van der Waals surface area contributed by atoms with E-state index >= 15 is 0 Å². The Hall–Kier alpha value is -2.27. The van der Waals surface area contributed by atoms with Crippen LogP contribution in [-0.2, 0) is 6.54 Å². The van der Waals surface area contributed by atoms with Crippen molar-refractivity contribution in [2.75, 3.05) is 14.2 Å². The molecule has 118 valence electrons. The summed E-state index contributed by atoms with van der Waals surface area (Å²) < 4.78 is 10.5. The molecule has 0 aliphatic carbocycles. The van der Waals surface area contributed by atoms with Crippen LogP contribution in [0.1, 0.15) is 19.4 Å². The Morgan fingerprint density at radius 1 is 1.09 bits per heavy atom. The SMILES string of the molecule is COc1ccc(-c2ccc(CNC(C)C)c(=O)[nH]2)cc1OC. The van der Waals surface area contributed by atoms with Crippen LogP contribution in [-0.4, -0.2) is 25.2 Å². The Kier molecular flexibility index (Phi) is 5.22. The Morgan fingerprint density at radius 2 is 1.82 bits per heavy atom. The second-order valence-corrected chi connectivity index (χ2v) is 5.33. The van der Waals surface area contributed by atoms with E-state index in [2.05, 4.69) is 10.3 Å². The first-order valence-electron chi connectivity index (χ1n) is 7.23. The van der Waals surface area contributed by atoms with Crippen molar-refractivity contribution in [2.24, 2.45) is 0 Å². The second kappa shape index (κ2) is 7.13. The van der Waals surface area contributed by atoms with Gasteiger partial charge in [0.1, 0.15) is 0 Å². The summed E-state index contributed by atoms with van der Waals surface area (Å²) in [5, 5.41) is 3.24. The first-order chi connectivity index (χ1) is 10.5. The van der Waals surface area contributed by atoms with Gasteiger partial charge in [0, 0.05) is 29.4 Å². The standard InChI is InChI=1S/C17H22N2O3/c1-11(2)18-10-13-5-7-14(19-17(13)20)12-6-8-15(21-3)16(9-12)22-4/h5-9,11,18H,10H2,1-4H3,(H,19,20). The van der Waals surface area contributed by atoms with Gasteiger partial charge in [-0.2, -0.15) is 0 Å². The maximum atomic E-state index is 12.2. The summed E-state index contributed by atoms with van der Waals surface area (Å²) in [6.07, 6.45) is 0.